The van der Waals surface area contributed by atoms with Crippen molar-refractivity contribution >= 4 is 27.5 Å². The van der Waals surface area contributed by atoms with Crippen molar-refractivity contribution in [3.63, 3.8) is 0 Å². The van der Waals surface area contributed by atoms with Crippen LogP contribution in [-0.4, -0.2) is 24.0 Å². The van der Waals surface area contributed by atoms with E-state index in [9.17, 15) is 4.79 Å². The molecular weight excluding hydrogens is 258 g/mol. The van der Waals surface area contributed by atoms with Gasteiger partial charge in [-0.25, -0.2) is 4.98 Å². The summed E-state index contributed by atoms with van der Waals surface area (Å²) in [5, 5.41) is 7.18. The molecule has 19 heavy (non-hydrogen) atoms. The number of nitrogens with zero attached hydrogens (tertiary/aromatic N) is 1. The predicted molar refractivity (Wildman–Crippen MR) is 79.2 cm³/mol. The van der Waals surface area contributed by atoms with E-state index in [0.29, 0.717) is 13.0 Å². The van der Waals surface area contributed by atoms with Gasteiger partial charge in [0.25, 0.3) is 0 Å². The molecule has 2 N–H and O–H groups in total. The fourth-order valence-corrected chi connectivity index (χ4v) is 2.68. The van der Waals surface area contributed by atoms with E-state index in [1.54, 1.807) is 11.3 Å². The average Bonchev–Trinajstić information content (AvgIpc) is 2.84. The molecule has 102 valence electrons. The van der Waals surface area contributed by atoms with Gasteiger partial charge in [-0.1, -0.05) is 19.1 Å². The average molecular weight is 277 g/mol. The van der Waals surface area contributed by atoms with Crippen LogP contribution >= 0.6 is 11.3 Å². The Morgan fingerprint density at radius 2 is 2.16 bits per heavy atom. The second-order valence-electron chi connectivity index (χ2n) is 4.35. The highest BCUT2D eigenvalue weighted by Gasteiger charge is 2.03. The lowest BCUT2D eigenvalue weighted by Gasteiger charge is -2.03. The minimum atomic E-state index is 0.110. The minimum absolute atomic E-state index is 0.110. The van der Waals surface area contributed by atoms with E-state index in [-0.39, 0.29) is 5.91 Å². The van der Waals surface area contributed by atoms with E-state index in [4.69, 9.17) is 0 Å². The molecule has 0 unspecified atom stereocenters. The summed E-state index contributed by atoms with van der Waals surface area (Å²) in [6, 6.07) is 8.12. The quantitative estimate of drug-likeness (QED) is 0.764. The molecule has 2 aromatic rings. The largest absolute Gasteiger partial charge is 0.356 e. The van der Waals surface area contributed by atoms with E-state index in [1.807, 2.05) is 25.1 Å². The Bertz CT molecular complexity index is 505. The molecule has 0 atom stereocenters. The van der Waals surface area contributed by atoms with Crippen LogP contribution in [-0.2, 0) is 11.3 Å². The number of para-hydroxylation sites is 1. The number of hydrogen-bond donors (Lipinski definition) is 2. The Labute approximate surface area is 117 Å². The topological polar surface area (TPSA) is 54.0 Å². The first-order valence-corrected chi connectivity index (χ1v) is 7.43. The number of rotatable bonds is 7. The molecule has 1 heterocycles. The number of thiazole rings is 1. The Morgan fingerprint density at radius 3 is 2.95 bits per heavy atom. The molecular formula is C14H19N3OS. The second kappa shape index (κ2) is 7.21. The van der Waals surface area contributed by atoms with Crippen molar-refractivity contribution < 1.29 is 4.79 Å². The molecule has 0 bridgehead atoms. The molecule has 5 heteroatoms. The fourth-order valence-electron chi connectivity index (χ4n) is 1.75. The third-order valence-corrected chi connectivity index (χ3v) is 3.75. The number of amides is 1. The molecule has 0 aliphatic carbocycles. The standard InChI is InChI=1S/C14H19N3OS/c1-2-8-16-13(18)7-9-15-10-14-17-11-5-3-4-6-12(11)19-14/h3-6,15H,2,7-10H2,1H3,(H,16,18). The summed E-state index contributed by atoms with van der Waals surface area (Å²) < 4.78 is 1.21. The van der Waals surface area contributed by atoms with Crippen molar-refractivity contribution in [3.8, 4) is 0 Å². The normalized spacial score (nSPS) is 10.8. The van der Waals surface area contributed by atoms with Crippen molar-refractivity contribution in [1.82, 2.24) is 15.6 Å². The van der Waals surface area contributed by atoms with E-state index >= 15 is 0 Å². The number of benzene rings is 1. The molecule has 0 aliphatic rings. The third kappa shape index (κ3) is 4.29. The van der Waals surface area contributed by atoms with Gasteiger partial charge in [-0.3, -0.25) is 4.79 Å². The molecule has 1 amide bonds. The lowest BCUT2D eigenvalue weighted by atomic mass is 10.3. The van der Waals surface area contributed by atoms with Crippen molar-refractivity contribution in [2.75, 3.05) is 13.1 Å². The van der Waals surface area contributed by atoms with Crippen LogP contribution in [0.3, 0.4) is 0 Å². The molecule has 1 aromatic carbocycles. The Kier molecular flexibility index (Phi) is 5.30. The Morgan fingerprint density at radius 1 is 1.32 bits per heavy atom. The van der Waals surface area contributed by atoms with Crippen LogP contribution in [0.15, 0.2) is 24.3 Å². The van der Waals surface area contributed by atoms with Gasteiger partial charge in [-0.2, -0.15) is 0 Å². The van der Waals surface area contributed by atoms with Crippen LogP contribution in [0, 0.1) is 0 Å². The third-order valence-electron chi connectivity index (χ3n) is 2.72. The van der Waals surface area contributed by atoms with E-state index < -0.39 is 0 Å². The smallest absolute Gasteiger partial charge is 0.221 e. The zero-order chi connectivity index (χ0) is 13.5. The van der Waals surface area contributed by atoms with Gasteiger partial charge in [-0.15, -0.1) is 11.3 Å². The monoisotopic (exact) mass is 277 g/mol. The zero-order valence-corrected chi connectivity index (χ0v) is 11.9. The fraction of sp³-hybridized carbons (Fsp3) is 0.429. The number of hydrogen-bond acceptors (Lipinski definition) is 4. The zero-order valence-electron chi connectivity index (χ0n) is 11.1. The maximum absolute atomic E-state index is 11.4. The van der Waals surface area contributed by atoms with Crippen LogP contribution in [0.2, 0.25) is 0 Å². The van der Waals surface area contributed by atoms with E-state index in [1.165, 1.54) is 4.70 Å². The summed E-state index contributed by atoms with van der Waals surface area (Å²) in [4.78, 5) is 15.9. The lowest BCUT2D eigenvalue weighted by Crippen LogP contribution is -2.27. The van der Waals surface area contributed by atoms with Crippen LogP contribution in [0.1, 0.15) is 24.8 Å². The van der Waals surface area contributed by atoms with E-state index in [2.05, 4.69) is 21.7 Å². The lowest BCUT2D eigenvalue weighted by molar-refractivity contribution is -0.120. The SMILES string of the molecule is CCCNC(=O)CCNCc1nc2ccccc2s1. The maximum Gasteiger partial charge on any atom is 0.221 e. The van der Waals surface area contributed by atoms with Gasteiger partial charge in [-0.05, 0) is 18.6 Å². The first kappa shape index (κ1) is 14.0. The van der Waals surface area contributed by atoms with Gasteiger partial charge >= 0.3 is 0 Å². The molecule has 4 nitrogen and oxygen atoms in total. The molecule has 2 rings (SSSR count). The number of carbonyl (C=O) groups is 1. The van der Waals surface area contributed by atoms with Crippen molar-refractivity contribution in [3.05, 3.63) is 29.3 Å². The summed E-state index contributed by atoms with van der Waals surface area (Å²) in [5.41, 5.74) is 1.05. The molecule has 0 saturated carbocycles. The van der Waals surface area contributed by atoms with Crippen LogP contribution in [0.4, 0.5) is 0 Å². The summed E-state index contributed by atoms with van der Waals surface area (Å²) in [5.74, 6) is 0.110. The van der Waals surface area contributed by atoms with Gasteiger partial charge in [0, 0.05) is 26.1 Å². The number of carbonyl (C=O) groups excluding carboxylic acids is 1. The minimum Gasteiger partial charge on any atom is -0.356 e. The van der Waals surface area contributed by atoms with Crippen LogP contribution in [0.25, 0.3) is 10.2 Å². The number of nitrogens with one attached hydrogen (secondary N) is 2. The highest BCUT2D eigenvalue weighted by molar-refractivity contribution is 7.18. The number of aromatic nitrogens is 1. The van der Waals surface area contributed by atoms with Crippen molar-refractivity contribution in [2.24, 2.45) is 0 Å². The molecule has 0 spiro atoms. The molecule has 0 radical (unpaired) electrons. The summed E-state index contributed by atoms with van der Waals surface area (Å²) >= 11 is 1.70. The van der Waals surface area contributed by atoms with Gasteiger partial charge in [0.2, 0.25) is 5.91 Å². The second-order valence-corrected chi connectivity index (χ2v) is 5.47. The number of fused-ring (bicyclic) bond motifs is 1. The van der Waals surface area contributed by atoms with Gasteiger partial charge in [0.1, 0.15) is 5.01 Å². The molecule has 1 aromatic heterocycles. The van der Waals surface area contributed by atoms with E-state index in [0.717, 1.165) is 30.0 Å². The highest BCUT2D eigenvalue weighted by Crippen LogP contribution is 2.21. The summed E-state index contributed by atoms with van der Waals surface area (Å²) in [6.07, 6.45) is 1.50. The summed E-state index contributed by atoms with van der Waals surface area (Å²) in [6.45, 7) is 4.22. The molecule has 0 saturated heterocycles. The van der Waals surface area contributed by atoms with Crippen LogP contribution in [0.5, 0.6) is 0 Å². The van der Waals surface area contributed by atoms with Gasteiger partial charge in [0.05, 0.1) is 10.2 Å². The van der Waals surface area contributed by atoms with Crippen molar-refractivity contribution in [1.29, 1.82) is 0 Å². The summed E-state index contributed by atoms with van der Waals surface area (Å²) in [7, 11) is 0. The molecule has 0 aliphatic heterocycles. The Hall–Kier alpha value is -1.46. The highest BCUT2D eigenvalue weighted by atomic mass is 32.1. The van der Waals surface area contributed by atoms with Gasteiger partial charge < -0.3 is 10.6 Å². The molecule has 0 fully saturated rings. The predicted octanol–water partition coefficient (Wildman–Crippen LogP) is 2.30. The Balaban J connectivity index is 1.72. The first-order valence-electron chi connectivity index (χ1n) is 6.61. The van der Waals surface area contributed by atoms with Crippen LogP contribution < -0.4 is 10.6 Å². The van der Waals surface area contributed by atoms with Crippen molar-refractivity contribution in [2.45, 2.75) is 26.3 Å². The maximum atomic E-state index is 11.4. The van der Waals surface area contributed by atoms with Gasteiger partial charge in [0.15, 0.2) is 0 Å². The first-order chi connectivity index (χ1) is 9.29.